The van der Waals surface area contributed by atoms with Crippen molar-refractivity contribution in [2.24, 2.45) is 5.92 Å². The zero-order valence-corrected chi connectivity index (χ0v) is 15.9. The van der Waals surface area contributed by atoms with E-state index in [-0.39, 0.29) is 23.3 Å². The number of carbonyl (C=O) groups is 1. The van der Waals surface area contributed by atoms with E-state index in [0.717, 1.165) is 5.56 Å². The lowest BCUT2D eigenvalue weighted by Gasteiger charge is -2.22. The lowest BCUT2D eigenvalue weighted by atomic mass is 10.0. The molecule has 0 aliphatic carbocycles. The van der Waals surface area contributed by atoms with Crippen LogP contribution in [0.5, 0.6) is 5.75 Å². The molecule has 1 atom stereocenters. The van der Waals surface area contributed by atoms with Crippen LogP contribution in [0, 0.1) is 5.92 Å². The van der Waals surface area contributed by atoms with Gasteiger partial charge in [-0.1, -0.05) is 50.2 Å². The Bertz CT molecular complexity index is 836. The summed E-state index contributed by atoms with van der Waals surface area (Å²) >= 11 is 0. The van der Waals surface area contributed by atoms with Gasteiger partial charge >= 0.3 is 0 Å². The number of carbonyl (C=O) groups excluding carboxylic acids is 1. The first-order valence-corrected chi connectivity index (χ1v) is 9.80. The molecule has 2 aromatic carbocycles. The van der Waals surface area contributed by atoms with Crippen molar-refractivity contribution in [2.75, 3.05) is 7.11 Å². The maximum Gasteiger partial charge on any atom is 0.241 e. The molecule has 2 aromatic rings. The highest BCUT2D eigenvalue weighted by Gasteiger charge is 2.28. The van der Waals surface area contributed by atoms with Crippen molar-refractivity contribution in [3.8, 4) is 5.75 Å². The summed E-state index contributed by atoms with van der Waals surface area (Å²) in [5, 5.41) is 2.78. The molecule has 1 amide bonds. The van der Waals surface area contributed by atoms with Crippen LogP contribution in [0.25, 0.3) is 0 Å². The van der Waals surface area contributed by atoms with Gasteiger partial charge in [-0.2, -0.15) is 4.72 Å². The summed E-state index contributed by atoms with van der Waals surface area (Å²) in [5.41, 5.74) is 0.816. The minimum absolute atomic E-state index is 0.128. The van der Waals surface area contributed by atoms with Crippen LogP contribution in [0.3, 0.4) is 0 Å². The number of para-hydroxylation sites is 1. The Hall–Kier alpha value is -2.38. The second-order valence-corrected chi connectivity index (χ2v) is 7.90. The van der Waals surface area contributed by atoms with E-state index in [1.54, 1.807) is 45.2 Å². The molecule has 2 N–H and O–H groups in total. The largest absolute Gasteiger partial charge is 0.496 e. The zero-order chi connectivity index (χ0) is 19.2. The first-order chi connectivity index (χ1) is 12.3. The Labute approximate surface area is 154 Å². The summed E-state index contributed by atoms with van der Waals surface area (Å²) in [7, 11) is -2.22. The van der Waals surface area contributed by atoms with E-state index in [4.69, 9.17) is 4.74 Å². The minimum Gasteiger partial charge on any atom is -0.496 e. The molecule has 0 radical (unpaired) electrons. The van der Waals surface area contributed by atoms with E-state index in [1.165, 1.54) is 12.1 Å². The molecule has 7 heteroatoms. The number of rotatable bonds is 8. The van der Waals surface area contributed by atoms with Gasteiger partial charge in [0.1, 0.15) is 11.8 Å². The van der Waals surface area contributed by atoms with Crippen LogP contribution in [0.2, 0.25) is 0 Å². The minimum atomic E-state index is -3.78. The van der Waals surface area contributed by atoms with Crippen molar-refractivity contribution >= 4 is 15.9 Å². The number of ether oxygens (including phenoxy) is 1. The molecule has 0 saturated carbocycles. The molecule has 0 aliphatic rings. The van der Waals surface area contributed by atoms with Gasteiger partial charge in [0.15, 0.2) is 0 Å². The number of benzene rings is 2. The molecule has 0 aromatic heterocycles. The summed E-state index contributed by atoms with van der Waals surface area (Å²) < 4.78 is 32.8. The smallest absolute Gasteiger partial charge is 0.241 e. The van der Waals surface area contributed by atoms with E-state index in [9.17, 15) is 13.2 Å². The van der Waals surface area contributed by atoms with Gasteiger partial charge < -0.3 is 10.1 Å². The predicted octanol–water partition coefficient (Wildman–Crippen LogP) is 2.31. The summed E-state index contributed by atoms with van der Waals surface area (Å²) in [4.78, 5) is 12.7. The molecular formula is C19H24N2O4S. The lowest BCUT2D eigenvalue weighted by Crippen LogP contribution is -2.49. The average molecular weight is 376 g/mol. The molecule has 0 saturated heterocycles. The number of hydrogen-bond donors (Lipinski definition) is 2. The number of sulfonamides is 1. The Kier molecular flexibility index (Phi) is 6.76. The number of methoxy groups -OCH3 is 1. The molecule has 0 bridgehead atoms. The molecule has 0 heterocycles. The van der Waals surface area contributed by atoms with Gasteiger partial charge in [0.05, 0.1) is 12.0 Å². The van der Waals surface area contributed by atoms with Crippen molar-refractivity contribution < 1.29 is 17.9 Å². The van der Waals surface area contributed by atoms with Crippen LogP contribution < -0.4 is 14.8 Å². The topological polar surface area (TPSA) is 84.5 Å². The van der Waals surface area contributed by atoms with Crippen LogP contribution in [0.1, 0.15) is 19.4 Å². The highest BCUT2D eigenvalue weighted by atomic mass is 32.2. The van der Waals surface area contributed by atoms with E-state index in [2.05, 4.69) is 10.0 Å². The van der Waals surface area contributed by atoms with Gasteiger partial charge in [-0.05, 0) is 24.1 Å². The van der Waals surface area contributed by atoms with Gasteiger partial charge in [-0.15, -0.1) is 0 Å². The third-order valence-electron chi connectivity index (χ3n) is 3.93. The van der Waals surface area contributed by atoms with E-state index in [1.807, 2.05) is 18.2 Å². The Morgan fingerprint density at radius 1 is 1.04 bits per heavy atom. The van der Waals surface area contributed by atoms with Gasteiger partial charge in [0, 0.05) is 12.1 Å². The van der Waals surface area contributed by atoms with Crippen molar-refractivity contribution in [1.29, 1.82) is 0 Å². The van der Waals surface area contributed by atoms with Crippen molar-refractivity contribution in [1.82, 2.24) is 10.0 Å². The van der Waals surface area contributed by atoms with Crippen LogP contribution in [0.15, 0.2) is 59.5 Å². The predicted molar refractivity (Wildman–Crippen MR) is 100 cm³/mol. The molecular weight excluding hydrogens is 352 g/mol. The lowest BCUT2D eigenvalue weighted by molar-refractivity contribution is -0.123. The van der Waals surface area contributed by atoms with Gasteiger partial charge in [0.25, 0.3) is 0 Å². The Morgan fingerprint density at radius 2 is 1.65 bits per heavy atom. The quantitative estimate of drug-likeness (QED) is 0.740. The normalized spacial score (nSPS) is 12.6. The molecule has 0 fully saturated rings. The second kappa shape index (κ2) is 8.82. The fourth-order valence-corrected chi connectivity index (χ4v) is 3.83. The molecule has 1 unspecified atom stereocenters. The molecule has 0 aliphatic heterocycles. The number of nitrogens with one attached hydrogen (secondary N) is 2. The fourth-order valence-electron chi connectivity index (χ4n) is 2.47. The van der Waals surface area contributed by atoms with Crippen molar-refractivity contribution in [3.05, 3.63) is 60.2 Å². The van der Waals surface area contributed by atoms with Gasteiger partial charge in [-0.3, -0.25) is 4.79 Å². The summed E-state index contributed by atoms with van der Waals surface area (Å²) in [6.07, 6.45) is 0. The third kappa shape index (κ3) is 5.06. The number of hydrogen-bond acceptors (Lipinski definition) is 4. The van der Waals surface area contributed by atoms with E-state index in [0.29, 0.717) is 5.75 Å². The van der Waals surface area contributed by atoms with E-state index >= 15 is 0 Å². The van der Waals surface area contributed by atoms with Crippen molar-refractivity contribution in [3.63, 3.8) is 0 Å². The monoisotopic (exact) mass is 376 g/mol. The molecule has 2 rings (SSSR count). The molecule has 6 nitrogen and oxygen atoms in total. The highest BCUT2D eigenvalue weighted by molar-refractivity contribution is 7.89. The molecule has 26 heavy (non-hydrogen) atoms. The molecule has 0 spiro atoms. The Morgan fingerprint density at radius 3 is 2.27 bits per heavy atom. The van der Waals surface area contributed by atoms with E-state index < -0.39 is 16.1 Å². The number of amides is 1. The van der Waals surface area contributed by atoms with Crippen LogP contribution in [-0.4, -0.2) is 27.5 Å². The first kappa shape index (κ1) is 19.9. The summed E-state index contributed by atoms with van der Waals surface area (Å²) in [5.74, 6) is 0.0651. The van der Waals surface area contributed by atoms with Crippen LogP contribution in [0.4, 0.5) is 0 Å². The average Bonchev–Trinajstić information content (AvgIpc) is 2.65. The van der Waals surface area contributed by atoms with Crippen LogP contribution >= 0.6 is 0 Å². The first-order valence-electron chi connectivity index (χ1n) is 8.32. The van der Waals surface area contributed by atoms with Crippen LogP contribution in [-0.2, 0) is 21.4 Å². The highest BCUT2D eigenvalue weighted by Crippen LogP contribution is 2.17. The maximum atomic E-state index is 12.6. The van der Waals surface area contributed by atoms with Gasteiger partial charge in [-0.25, -0.2) is 8.42 Å². The van der Waals surface area contributed by atoms with Crippen molar-refractivity contribution in [2.45, 2.75) is 31.3 Å². The zero-order valence-electron chi connectivity index (χ0n) is 15.1. The summed E-state index contributed by atoms with van der Waals surface area (Å²) in [6, 6.07) is 14.5. The maximum absolute atomic E-state index is 12.6. The molecule has 140 valence electrons. The third-order valence-corrected chi connectivity index (χ3v) is 5.39. The second-order valence-electron chi connectivity index (χ2n) is 6.19. The Balaban J connectivity index is 2.10. The summed E-state index contributed by atoms with van der Waals surface area (Å²) in [6.45, 7) is 3.83. The fraction of sp³-hybridized carbons (Fsp3) is 0.316. The van der Waals surface area contributed by atoms with Gasteiger partial charge in [0.2, 0.25) is 15.9 Å². The SMILES string of the molecule is COc1ccccc1CNC(=O)C(NS(=O)(=O)c1ccccc1)C(C)C. The standard InChI is InChI=1S/C19H24N2O4S/c1-14(2)18(21-26(23,24)16-10-5-4-6-11-16)19(22)20-13-15-9-7-8-12-17(15)25-3/h4-12,14,18,21H,13H2,1-3H3,(H,20,22).